The van der Waals surface area contributed by atoms with Gasteiger partial charge < -0.3 is 15.0 Å². The van der Waals surface area contributed by atoms with Crippen LogP contribution in [0.1, 0.15) is 0 Å². The van der Waals surface area contributed by atoms with Gasteiger partial charge in [-0.1, -0.05) is 17.7 Å². The van der Waals surface area contributed by atoms with Crippen molar-refractivity contribution in [2.75, 3.05) is 5.73 Å². The van der Waals surface area contributed by atoms with Crippen LogP contribution in [0.25, 0.3) is 11.0 Å². The second-order valence-electron chi connectivity index (χ2n) is 4.10. The van der Waals surface area contributed by atoms with Crippen LogP contribution in [0.15, 0.2) is 36.8 Å². The molecular formula is C13H11ClN4O. The molecule has 0 spiro atoms. The Kier molecular flexibility index (Phi) is 2.76. The second kappa shape index (κ2) is 4.44. The van der Waals surface area contributed by atoms with Gasteiger partial charge in [-0.2, -0.15) is 0 Å². The van der Waals surface area contributed by atoms with E-state index in [2.05, 4.69) is 9.97 Å². The van der Waals surface area contributed by atoms with Crippen molar-refractivity contribution >= 4 is 28.3 Å². The number of imidazole rings is 1. The van der Waals surface area contributed by atoms with Gasteiger partial charge >= 0.3 is 0 Å². The predicted molar refractivity (Wildman–Crippen MR) is 74.4 cm³/mol. The first kappa shape index (κ1) is 11.8. The number of hydrogen-bond donors (Lipinski definition) is 1. The van der Waals surface area contributed by atoms with Crippen molar-refractivity contribution in [3.05, 3.63) is 41.8 Å². The van der Waals surface area contributed by atoms with E-state index in [1.807, 2.05) is 17.7 Å². The number of pyridine rings is 1. The Labute approximate surface area is 114 Å². The van der Waals surface area contributed by atoms with Crippen LogP contribution >= 0.6 is 11.6 Å². The average Bonchev–Trinajstić information content (AvgIpc) is 2.77. The number of fused-ring (bicyclic) bond motifs is 1. The highest BCUT2D eigenvalue weighted by molar-refractivity contribution is 6.32. The minimum atomic E-state index is 0.387. The van der Waals surface area contributed by atoms with Crippen molar-refractivity contribution < 1.29 is 4.74 Å². The van der Waals surface area contributed by atoms with Gasteiger partial charge in [0.1, 0.15) is 0 Å². The molecule has 19 heavy (non-hydrogen) atoms. The number of aryl methyl sites for hydroxylation is 1. The molecule has 96 valence electrons. The number of nitrogen functional groups attached to an aromatic ring is 1. The van der Waals surface area contributed by atoms with E-state index in [4.69, 9.17) is 22.1 Å². The molecular weight excluding hydrogens is 264 g/mol. The minimum absolute atomic E-state index is 0.387. The Morgan fingerprint density at radius 1 is 1.26 bits per heavy atom. The van der Waals surface area contributed by atoms with Crippen LogP contribution in [0.2, 0.25) is 5.02 Å². The minimum Gasteiger partial charge on any atom is -0.433 e. The first-order chi connectivity index (χ1) is 9.16. The molecule has 3 aromatic rings. The number of aromatic nitrogens is 3. The van der Waals surface area contributed by atoms with Crippen LogP contribution in [0, 0.1) is 0 Å². The molecule has 0 amide bonds. The highest BCUT2D eigenvalue weighted by atomic mass is 35.5. The Morgan fingerprint density at radius 3 is 2.89 bits per heavy atom. The van der Waals surface area contributed by atoms with Gasteiger partial charge in [-0.15, -0.1) is 0 Å². The second-order valence-corrected chi connectivity index (χ2v) is 4.51. The number of hydrogen-bond acceptors (Lipinski definition) is 4. The summed E-state index contributed by atoms with van der Waals surface area (Å²) in [5.41, 5.74) is 7.91. The van der Waals surface area contributed by atoms with E-state index in [-0.39, 0.29) is 0 Å². The summed E-state index contributed by atoms with van der Waals surface area (Å²) in [6.07, 6.45) is 3.36. The van der Waals surface area contributed by atoms with Crippen molar-refractivity contribution in [1.29, 1.82) is 0 Å². The van der Waals surface area contributed by atoms with Crippen LogP contribution in [-0.4, -0.2) is 14.5 Å². The summed E-state index contributed by atoms with van der Waals surface area (Å²) < 4.78 is 7.61. The molecule has 0 unspecified atom stereocenters. The summed E-state index contributed by atoms with van der Waals surface area (Å²) in [5, 5.41) is 0.440. The number of ether oxygens (including phenoxy) is 1. The first-order valence-corrected chi connectivity index (χ1v) is 6.02. The summed E-state index contributed by atoms with van der Waals surface area (Å²) in [4.78, 5) is 8.45. The Hall–Kier alpha value is -2.27. The van der Waals surface area contributed by atoms with Gasteiger partial charge in [0.2, 0.25) is 5.88 Å². The summed E-state index contributed by atoms with van der Waals surface area (Å²) in [6, 6.07) is 7.07. The van der Waals surface area contributed by atoms with Gasteiger partial charge in [0.25, 0.3) is 0 Å². The lowest BCUT2D eigenvalue weighted by atomic mass is 10.3. The molecule has 0 aliphatic rings. The number of rotatable bonds is 2. The van der Waals surface area contributed by atoms with E-state index in [1.165, 1.54) is 0 Å². The summed E-state index contributed by atoms with van der Waals surface area (Å²) in [6.45, 7) is 0. The zero-order valence-electron chi connectivity index (χ0n) is 10.2. The summed E-state index contributed by atoms with van der Waals surface area (Å²) in [5.74, 6) is 0.785. The van der Waals surface area contributed by atoms with E-state index in [9.17, 15) is 0 Å². The first-order valence-electron chi connectivity index (χ1n) is 5.64. The maximum absolute atomic E-state index is 6.08. The fourth-order valence-corrected chi connectivity index (χ4v) is 2.06. The van der Waals surface area contributed by atoms with Crippen LogP contribution < -0.4 is 10.5 Å². The number of benzene rings is 1. The highest BCUT2D eigenvalue weighted by Crippen LogP contribution is 2.35. The number of nitrogens with two attached hydrogens (primary N) is 1. The van der Waals surface area contributed by atoms with Crippen LogP contribution in [0.5, 0.6) is 11.6 Å². The smallest absolute Gasteiger partial charge is 0.247 e. The van der Waals surface area contributed by atoms with Gasteiger partial charge in [0.15, 0.2) is 11.3 Å². The van der Waals surface area contributed by atoms with E-state index in [0.717, 1.165) is 5.52 Å². The molecule has 0 bridgehead atoms. The molecule has 2 N–H and O–H groups in total. The molecule has 6 heteroatoms. The van der Waals surface area contributed by atoms with Crippen LogP contribution in [0.4, 0.5) is 5.69 Å². The SMILES string of the molecule is Cn1cnc2c(Oc3c(N)cccc3Cl)nccc21. The quantitative estimate of drug-likeness (QED) is 0.730. The lowest BCUT2D eigenvalue weighted by molar-refractivity contribution is 0.470. The van der Waals surface area contributed by atoms with Crippen LogP contribution in [0.3, 0.4) is 0 Å². The molecule has 0 saturated heterocycles. The molecule has 0 atom stereocenters. The molecule has 3 rings (SSSR count). The van der Waals surface area contributed by atoms with Crippen molar-refractivity contribution in [3.8, 4) is 11.6 Å². The topological polar surface area (TPSA) is 66.0 Å². The molecule has 0 aliphatic heterocycles. The molecule has 1 aromatic carbocycles. The van der Waals surface area contributed by atoms with Gasteiger partial charge in [-0.05, 0) is 18.2 Å². The van der Waals surface area contributed by atoms with Gasteiger partial charge in [0.05, 0.1) is 22.6 Å². The molecule has 0 aliphatic carbocycles. The van der Waals surface area contributed by atoms with E-state index >= 15 is 0 Å². The standard InChI is InChI=1S/C13H11ClN4O/c1-18-7-17-11-10(18)5-6-16-13(11)19-12-8(14)3-2-4-9(12)15/h2-7H,15H2,1H3. The number of anilines is 1. The lowest BCUT2D eigenvalue weighted by Gasteiger charge is -2.09. The van der Waals surface area contributed by atoms with Gasteiger partial charge in [-0.25, -0.2) is 9.97 Å². The number of halogens is 1. The third-order valence-corrected chi connectivity index (χ3v) is 3.10. The van der Waals surface area contributed by atoms with E-state index in [1.54, 1.807) is 30.7 Å². The Bertz CT molecular complexity index is 733. The Morgan fingerprint density at radius 2 is 2.11 bits per heavy atom. The number of nitrogens with zero attached hydrogens (tertiary/aromatic N) is 3. The summed E-state index contributed by atoms with van der Waals surface area (Å²) >= 11 is 6.08. The molecule has 2 aromatic heterocycles. The van der Waals surface area contributed by atoms with Crippen molar-refractivity contribution in [2.24, 2.45) is 7.05 Å². The highest BCUT2D eigenvalue weighted by Gasteiger charge is 2.12. The van der Waals surface area contributed by atoms with Crippen molar-refractivity contribution in [1.82, 2.24) is 14.5 Å². The monoisotopic (exact) mass is 274 g/mol. The largest absolute Gasteiger partial charge is 0.433 e. The maximum Gasteiger partial charge on any atom is 0.247 e. The normalized spacial score (nSPS) is 10.8. The molecule has 0 fully saturated rings. The number of para-hydroxylation sites is 1. The third-order valence-electron chi connectivity index (χ3n) is 2.81. The maximum atomic E-state index is 6.08. The third kappa shape index (κ3) is 1.98. The lowest BCUT2D eigenvalue weighted by Crippen LogP contribution is -1.95. The zero-order chi connectivity index (χ0) is 13.4. The van der Waals surface area contributed by atoms with Gasteiger partial charge in [-0.3, -0.25) is 0 Å². The fourth-order valence-electron chi connectivity index (χ4n) is 1.84. The predicted octanol–water partition coefficient (Wildman–Crippen LogP) is 3.00. The average molecular weight is 275 g/mol. The van der Waals surface area contributed by atoms with Crippen molar-refractivity contribution in [2.45, 2.75) is 0 Å². The summed E-state index contributed by atoms with van der Waals surface area (Å²) in [7, 11) is 1.91. The van der Waals surface area contributed by atoms with E-state index in [0.29, 0.717) is 27.9 Å². The van der Waals surface area contributed by atoms with Gasteiger partial charge in [0, 0.05) is 13.2 Å². The van der Waals surface area contributed by atoms with E-state index < -0.39 is 0 Å². The zero-order valence-corrected chi connectivity index (χ0v) is 10.9. The molecule has 2 heterocycles. The van der Waals surface area contributed by atoms with Crippen LogP contribution in [-0.2, 0) is 7.05 Å². The molecule has 5 nitrogen and oxygen atoms in total. The Balaban J connectivity index is 2.11. The molecule has 0 radical (unpaired) electrons. The fraction of sp³-hybridized carbons (Fsp3) is 0.0769. The molecule has 0 saturated carbocycles. The van der Waals surface area contributed by atoms with Crippen molar-refractivity contribution in [3.63, 3.8) is 0 Å².